The number of anilines is 1. The van der Waals surface area contributed by atoms with Crippen molar-refractivity contribution in [2.75, 3.05) is 5.43 Å². The summed E-state index contributed by atoms with van der Waals surface area (Å²) in [4.78, 5) is 0.886. The van der Waals surface area contributed by atoms with Gasteiger partial charge < -0.3 is 0 Å². The van der Waals surface area contributed by atoms with E-state index < -0.39 is 0 Å². The molecule has 1 N–H and O–H groups in total. The molecular formula is C20H18N4S. The van der Waals surface area contributed by atoms with E-state index in [-0.39, 0.29) is 0 Å². The van der Waals surface area contributed by atoms with Crippen molar-refractivity contribution in [3.8, 4) is 0 Å². The highest BCUT2D eigenvalue weighted by Crippen LogP contribution is 2.24. The van der Waals surface area contributed by atoms with Gasteiger partial charge in [0.25, 0.3) is 0 Å². The molecule has 124 valence electrons. The molecule has 0 spiro atoms. The minimum absolute atomic E-state index is 0.508. The first-order valence-electron chi connectivity index (χ1n) is 7.88. The molecule has 0 bridgehead atoms. The van der Waals surface area contributed by atoms with Crippen molar-refractivity contribution < 1.29 is 0 Å². The summed E-state index contributed by atoms with van der Waals surface area (Å²) in [7, 11) is 0. The van der Waals surface area contributed by atoms with Crippen LogP contribution in [0.25, 0.3) is 0 Å². The molecule has 0 unspecified atom stereocenters. The van der Waals surface area contributed by atoms with Gasteiger partial charge in [-0.25, -0.2) is 0 Å². The number of nitrogens with one attached hydrogen (secondary N) is 1. The molecule has 0 fully saturated rings. The van der Waals surface area contributed by atoms with E-state index >= 15 is 0 Å². The third kappa shape index (κ3) is 4.55. The SMILES string of the molecule is Cc1c(S)cccc1N=NC(=NNc1ccccc1)c1ccccc1. The molecule has 0 aliphatic rings. The minimum Gasteiger partial charge on any atom is -0.276 e. The zero-order valence-corrected chi connectivity index (χ0v) is 14.7. The molecule has 0 saturated heterocycles. The van der Waals surface area contributed by atoms with Crippen LogP contribution >= 0.6 is 12.6 Å². The lowest BCUT2D eigenvalue weighted by molar-refractivity contribution is 1.18. The van der Waals surface area contributed by atoms with Crippen molar-refractivity contribution in [3.63, 3.8) is 0 Å². The Hall–Kier alpha value is -2.92. The van der Waals surface area contributed by atoms with Crippen LogP contribution in [0.4, 0.5) is 11.4 Å². The molecule has 5 heteroatoms. The van der Waals surface area contributed by atoms with Gasteiger partial charge in [-0.2, -0.15) is 5.10 Å². The number of amidine groups is 1. The van der Waals surface area contributed by atoms with Crippen LogP contribution in [0.2, 0.25) is 0 Å². The summed E-state index contributed by atoms with van der Waals surface area (Å²) in [5.41, 5.74) is 6.56. The summed E-state index contributed by atoms with van der Waals surface area (Å²) in [5, 5.41) is 13.1. The molecule has 0 heterocycles. The Morgan fingerprint density at radius 2 is 1.52 bits per heavy atom. The van der Waals surface area contributed by atoms with Gasteiger partial charge in [-0.3, -0.25) is 5.43 Å². The van der Waals surface area contributed by atoms with Crippen LogP contribution in [0.5, 0.6) is 0 Å². The lowest BCUT2D eigenvalue weighted by Crippen LogP contribution is -2.01. The Kier molecular flexibility index (Phi) is 5.59. The summed E-state index contributed by atoms with van der Waals surface area (Å²) in [5.74, 6) is 0.508. The topological polar surface area (TPSA) is 49.1 Å². The van der Waals surface area contributed by atoms with E-state index in [4.69, 9.17) is 0 Å². The first-order valence-corrected chi connectivity index (χ1v) is 8.33. The molecule has 0 atom stereocenters. The summed E-state index contributed by atoms with van der Waals surface area (Å²) >= 11 is 4.43. The van der Waals surface area contributed by atoms with Crippen LogP contribution in [-0.4, -0.2) is 5.84 Å². The number of para-hydroxylation sites is 1. The molecule has 0 amide bonds. The Balaban J connectivity index is 1.91. The zero-order chi connectivity index (χ0) is 17.5. The molecule has 25 heavy (non-hydrogen) atoms. The van der Waals surface area contributed by atoms with E-state index in [1.54, 1.807) is 0 Å². The Morgan fingerprint density at radius 3 is 2.24 bits per heavy atom. The molecule has 0 radical (unpaired) electrons. The standard InChI is InChI=1S/C20H18N4S/c1-15-18(13-8-14-19(15)25)22-24-20(16-9-4-2-5-10-16)23-21-17-11-6-3-7-12-17/h2-14,21,25H,1H3. The number of benzene rings is 3. The van der Waals surface area contributed by atoms with Crippen LogP contribution in [0, 0.1) is 6.92 Å². The fourth-order valence-corrected chi connectivity index (χ4v) is 2.38. The number of nitrogens with zero attached hydrogens (tertiary/aromatic N) is 3. The maximum absolute atomic E-state index is 4.43. The quantitative estimate of drug-likeness (QED) is 0.201. The van der Waals surface area contributed by atoms with E-state index in [1.807, 2.05) is 85.8 Å². The highest BCUT2D eigenvalue weighted by molar-refractivity contribution is 7.80. The van der Waals surface area contributed by atoms with Crippen LogP contribution in [0.3, 0.4) is 0 Å². The van der Waals surface area contributed by atoms with Crippen LogP contribution in [-0.2, 0) is 0 Å². The average Bonchev–Trinajstić information content (AvgIpc) is 2.66. The second kappa shape index (κ2) is 8.26. The highest BCUT2D eigenvalue weighted by atomic mass is 32.1. The first kappa shape index (κ1) is 16.9. The smallest absolute Gasteiger partial charge is 0.201 e. The normalized spacial score (nSPS) is 11.7. The van der Waals surface area contributed by atoms with Crippen molar-refractivity contribution in [1.29, 1.82) is 0 Å². The van der Waals surface area contributed by atoms with Gasteiger partial charge in [0.15, 0.2) is 0 Å². The van der Waals surface area contributed by atoms with E-state index in [1.165, 1.54) is 0 Å². The second-order valence-corrected chi connectivity index (χ2v) is 5.88. The highest BCUT2D eigenvalue weighted by Gasteiger charge is 2.04. The lowest BCUT2D eigenvalue weighted by atomic mass is 10.2. The second-order valence-electron chi connectivity index (χ2n) is 5.40. The number of azo groups is 1. The molecule has 4 nitrogen and oxygen atoms in total. The van der Waals surface area contributed by atoms with E-state index in [0.29, 0.717) is 5.84 Å². The van der Waals surface area contributed by atoms with Gasteiger partial charge in [0.1, 0.15) is 0 Å². The van der Waals surface area contributed by atoms with Gasteiger partial charge in [-0.1, -0.05) is 54.6 Å². The summed E-state index contributed by atoms with van der Waals surface area (Å²) in [6.45, 7) is 1.97. The third-order valence-electron chi connectivity index (χ3n) is 3.63. The number of rotatable bonds is 4. The summed E-state index contributed by atoms with van der Waals surface area (Å²) in [6.07, 6.45) is 0. The molecule has 3 rings (SSSR count). The predicted molar refractivity (Wildman–Crippen MR) is 106 cm³/mol. The maximum atomic E-state index is 4.43. The molecule has 0 aromatic heterocycles. The number of thiol groups is 1. The van der Waals surface area contributed by atoms with Gasteiger partial charge >= 0.3 is 0 Å². The summed E-state index contributed by atoms with van der Waals surface area (Å²) < 4.78 is 0. The number of hydrazone groups is 1. The Bertz CT molecular complexity index is 890. The molecule has 3 aromatic carbocycles. The van der Waals surface area contributed by atoms with Gasteiger partial charge in [0.2, 0.25) is 5.84 Å². The fourth-order valence-electron chi connectivity index (χ4n) is 2.18. The zero-order valence-electron chi connectivity index (χ0n) is 13.8. The Morgan fingerprint density at radius 1 is 0.840 bits per heavy atom. The molecular weight excluding hydrogens is 328 g/mol. The largest absolute Gasteiger partial charge is 0.276 e. The number of hydrogen-bond donors (Lipinski definition) is 2. The monoisotopic (exact) mass is 346 g/mol. The average molecular weight is 346 g/mol. The van der Waals surface area contributed by atoms with Crippen LogP contribution in [0.1, 0.15) is 11.1 Å². The Labute approximate surface area is 152 Å². The van der Waals surface area contributed by atoms with E-state index in [0.717, 1.165) is 27.4 Å². The first-order chi connectivity index (χ1) is 12.2. The molecule has 0 aliphatic carbocycles. The molecule has 3 aromatic rings. The van der Waals surface area contributed by atoms with Crippen molar-refractivity contribution in [1.82, 2.24) is 0 Å². The van der Waals surface area contributed by atoms with Crippen LogP contribution in [0.15, 0.2) is 99.1 Å². The molecule has 0 aliphatic heterocycles. The van der Waals surface area contributed by atoms with E-state index in [9.17, 15) is 0 Å². The third-order valence-corrected chi connectivity index (χ3v) is 4.11. The van der Waals surface area contributed by atoms with Gasteiger partial charge in [-0.15, -0.1) is 22.9 Å². The van der Waals surface area contributed by atoms with Gasteiger partial charge in [-0.05, 0) is 36.8 Å². The van der Waals surface area contributed by atoms with Crippen molar-refractivity contribution >= 4 is 29.8 Å². The van der Waals surface area contributed by atoms with Crippen molar-refractivity contribution in [2.24, 2.45) is 15.3 Å². The predicted octanol–water partition coefficient (Wildman–Crippen LogP) is 5.84. The maximum Gasteiger partial charge on any atom is 0.201 e. The van der Waals surface area contributed by atoms with Crippen molar-refractivity contribution in [2.45, 2.75) is 11.8 Å². The van der Waals surface area contributed by atoms with Gasteiger partial charge in [0.05, 0.1) is 11.4 Å². The van der Waals surface area contributed by atoms with Gasteiger partial charge in [0, 0.05) is 10.5 Å². The minimum atomic E-state index is 0.508. The number of hydrogen-bond acceptors (Lipinski definition) is 4. The lowest BCUT2D eigenvalue weighted by Gasteiger charge is -2.04. The fraction of sp³-hybridized carbons (Fsp3) is 0.0500. The summed E-state index contributed by atoms with van der Waals surface area (Å²) in [6, 6.07) is 25.2. The van der Waals surface area contributed by atoms with Crippen LogP contribution < -0.4 is 5.43 Å². The van der Waals surface area contributed by atoms with Crippen molar-refractivity contribution in [3.05, 3.63) is 90.0 Å². The van der Waals surface area contributed by atoms with E-state index in [2.05, 4.69) is 33.4 Å². The molecule has 0 saturated carbocycles.